The van der Waals surface area contributed by atoms with E-state index in [0.717, 1.165) is 12.2 Å². The van der Waals surface area contributed by atoms with Crippen LogP contribution >= 0.6 is 0 Å². The summed E-state index contributed by atoms with van der Waals surface area (Å²) < 4.78 is 5.31. The van der Waals surface area contributed by atoms with Gasteiger partial charge in [0.05, 0.1) is 19.2 Å². The average molecular weight is 293 g/mol. The molecule has 1 rings (SSSR count). The highest BCUT2D eigenvalue weighted by Gasteiger charge is 2.13. The SMILES string of the molecule is CCCC(N)C(=O)NCC(=O)Nc1ccc(OCC)cc1. The summed E-state index contributed by atoms with van der Waals surface area (Å²) in [6, 6.07) is 6.47. The number of rotatable bonds is 8. The van der Waals surface area contributed by atoms with Crippen LogP contribution in [0.1, 0.15) is 26.7 Å². The van der Waals surface area contributed by atoms with E-state index in [1.807, 2.05) is 13.8 Å². The minimum absolute atomic E-state index is 0.0938. The van der Waals surface area contributed by atoms with Gasteiger partial charge >= 0.3 is 0 Å². The Labute approximate surface area is 125 Å². The van der Waals surface area contributed by atoms with Gasteiger partial charge in [-0.15, -0.1) is 0 Å². The van der Waals surface area contributed by atoms with Gasteiger partial charge in [0, 0.05) is 5.69 Å². The second-order valence-electron chi connectivity index (χ2n) is 4.62. The Morgan fingerprint density at radius 1 is 1.24 bits per heavy atom. The molecule has 116 valence electrons. The lowest BCUT2D eigenvalue weighted by atomic mass is 10.2. The van der Waals surface area contributed by atoms with Gasteiger partial charge in [-0.1, -0.05) is 13.3 Å². The molecule has 0 aromatic heterocycles. The topological polar surface area (TPSA) is 93.5 Å². The van der Waals surface area contributed by atoms with Crippen LogP contribution in [0.15, 0.2) is 24.3 Å². The van der Waals surface area contributed by atoms with Crippen molar-refractivity contribution in [3.63, 3.8) is 0 Å². The van der Waals surface area contributed by atoms with Crippen molar-refractivity contribution in [1.82, 2.24) is 5.32 Å². The molecule has 0 saturated heterocycles. The first-order valence-corrected chi connectivity index (χ1v) is 7.12. The van der Waals surface area contributed by atoms with Crippen LogP contribution < -0.4 is 21.1 Å². The minimum atomic E-state index is -0.562. The molecule has 0 heterocycles. The van der Waals surface area contributed by atoms with E-state index in [1.54, 1.807) is 24.3 Å². The highest BCUT2D eigenvalue weighted by Crippen LogP contribution is 2.15. The monoisotopic (exact) mass is 293 g/mol. The van der Waals surface area contributed by atoms with Crippen LogP contribution in [0.5, 0.6) is 5.75 Å². The molecule has 1 aromatic carbocycles. The van der Waals surface area contributed by atoms with Crippen molar-refractivity contribution in [1.29, 1.82) is 0 Å². The van der Waals surface area contributed by atoms with E-state index in [0.29, 0.717) is 18.7 Å². The van der Waals surface area contributed by atoms with Crippen molar-refractivity contribution in [2.75, 3.05) is 18.5 Å². The highest BCUT2D eigenvalue weighted by atomic mass is 16.5. The van der Waals surface area contributed by atoms with E-state index in [2.05, 4.69) is 10.6 Å². The molecule has 0 saturated carbocycles. The molecule has 1 unspecified atom stereocenters. The Morgan fingerprint density at radius 2 is 1.90 bits per heavy atom. The summed E-state index contributed by atoms with van der Waals surface area (Å²) in [6.45, 7) is 4.35. The third-order valence-corrected chi connectivity index (χ3v) is 2.81. The molecule has 0 spiro atoms. The maximum Gasteiger partial charge on any atom is 0.243 e. The van der Waals surface area contributed by atoms with E-state index in [4.69, 9.17) is 10.5 Å². The first-order chi connectivity index (χ1) is 10.1. The standard InChI is InChI=1S/C15H23N3O3/c1-3-5-13(16)15(20)17-10-14(19)18-11-6-8-12(9-7-11)21-4-2/h6-9,13H,3-5,10,16H2,1-2H3,(H,17,20)(H,18,19). The van der Waals surface area contributed by atoms with E-state index in [9.17, 15) is 9.59 Å². The van der Waals surface area contributed by atoms with E-state index in [-0.39, 0.29) is 18.4 Å². The van der Waals surface area contributed by atoms with Crippen LogP contribution in [0.2, 0.25) is 0 Å². The predicted molar refractivity (Wildman–Crippen MR) is 82.1 cm³/mol. The fourth-order valence-electron chi connectivity index (χ4n) is 1.75. The van der Waals surface area contributed by atoms with Gasteiger partial charge in [-0.25, -0.2) is 0 Å². The van der Waals surface area contributed by atoms with Gasteiger partial charge in [-0.2, -0.15) is 0 Å². The number of amides is 2. The molecular weight excluding hydrogens is 270 g/mol. The number of carbonyl (C=O) groups is 2. The Morgan fingerprint density at radius 3 is 2.48 bits per heavy atom. The summed E-state index contributed by atoms with van der Waals surface area (Å²) in [5, 5.41) is 5.21. The zero-order chi connectivity index (χ0) is 15.7. The van der Waals surface area contributed by atoms with Crippen molar-refractivity contribution in [2.45, 2.75) is 32.7 Å². The Bertz CT molecular complexity index is 460. The molecule has 0 aliphatic carbocycles. The second-order valence-corrected chi connectivity index (χ2v) is 4.62. The fourth-order valence-corrected chi connectivity index (χ4v) is 1.75. The molecule has 6 nitrogen and oxygen atoms in total. The molecular formula is C15H23N3O3. The molecule has 1 atom stereocenters. The van der Waals surface area contributed by atoms with E-state index in [1.165, 1.54) is 0 Å². The predicted octanol–water partition coefficient (Wildman–Crippen LogP) is 1.27. The molecule has 6 heteroatoms. The van der Waals surface area contributed by atoms with Gasteiger partial charge in [-0.3, -0.25) is 9.59 Å². The molecule has 0 bridgehead atoms. The van der Waals surface area contributed by atoms with Gasteiger partial charge in [0.2, 0.25) is 11.8 Å². The first kappa shape index (κ1) is 17.0. The van der Waals surface area contributed by atoms with Gasteiger partial charge in [0.15, 0.2) is 0 Å². The zero-order valence-corrected chi connectivity index (χ0v) is 12.5. The van der Waals surface area contributed by atoms with Gasteiger partial charge in [0.25, 0.3) is 0 Å². The maximum atomic E-state index is 11.7. The molecule has 4 N–H and O–H groups in total. The molecule has 2 amide bonds. The number of hydrogen-bond donors (Lipinski definition) is 3. The summed E-state index contributed by atoms with van der Waals surface area (Å²) >= 11 is 0. The van der Waals surface area contributed by atoms with Crippen molar-refractivity contribution in [3.8, 4) is 5.75 Å². The van der Waals surface area contributed by atoms with E-state index < -0.39 is 6.04 Å². The molecule has 0 radical (unpaired) electrons. The fraction of sp³-hybridized carbons (Fsp3) is 0.467. The Hall–Kier alpha value is -2.08. The lowest BCUT2D eigenvalue weighted by Gasteiger charge is -2.11. The third-order valence-electron chi connectivity index (χ3n) is 2.81. The second kappa shape index (κ2) is 8.97. The molecule has 0 aliphatic rings. The van der Waals surface area contributed by atoms with Crippen molar-refractivity contribution < 1.29 is 14.3 Å². The quantitative estimate of drug-likeness (QED) is 0.673. The Balaban J connectivity index is 2.38. The van der Waals surface area contributed by atoms with E-state index >= 15 is 0 Å². The lowest BCUT2D eigenvalue weighted by Crippen LogP contribution is -2.43. The average Bonchev–Trinajstić information content (AvgIpc) is 2.47. The highest BCUT2D eigenvalue weighted by molar-refractivity contribution is 5.95. The van der Waals surface area contributed by atoms with Crippen LogP contribution in [-0.2, 0) is 9.59 Å². The Kier molecular flexibility index (Phi) is 7.25. The van der Waals surface area contributed by atoms with Crippen molar-refractivity contribution in [3.05, 3.63) is 24.3 Å². The number of ether oxygens (including phenoxy) is 1. The molecule has 0 fully saturated rings. The summed E-state index contributed by atoms with van der Waals surface area (Å²) in [5.74, 6) is 0.143. The summed E-state index contributed by atoms with van der Waals surface area (Å²) in [4.78, 5) is 23.3. The first-order valence-electron chi connectivity index (χ1n) is 7.12. The van der Waals surface area contributed by atoms with Crippen LogP contribution in [0.3, 0.4) is 0 Å². The van der Waals surface area contributed by atoms with Crippen LogP contribution in [0, 0.1) is 0 Å². The number of carbonyl (C=O) groups excluding carboxylic acids is 2. The van der Waals surface area contributed by atoms with Gasteiger partial charge in [0.1, 0.15) is 5.75 Å². The van der Waals surface area contributed by atoms with Crippen LogP contribution in [0.4, 0.5) is 5.69 Å². The number of benzene rings is 1. The lowest BCUT2D eigenvalue weighted by molar-refractivity contribution is -0.125. The van der Waals surface area contributed by atoms with Crippen LogP contribution in [-0.4, -0.2) is 31.0 Å². The molecule has 21 heavy (non-hydrogen) atoms. The summed E-state index contributed by atoms with van der Waals surface area (Å²) in [6.07, 6.45) is 1.43. The number of hydrogen-bond acceptors (Lipinski definition) is 4. The van der Waals surface area contributed by atoms with Gasteiger partial charge in [-0.05, 0) is 37.6 Å². The largest absolute Gasteiger partial charge is 0.494 e. The summed E-state index contributed by atoms with van der Waals surface area (Å²) in [5.41, 5.74) is 6.30. The zero-order valence-electron chi connectivity index (χ0n) is 12.5. The third kappa shape index (κ3) is 6.27. The minimum Gasteiger partial charge on any atom is -0.494 e. The smallest absolute Gasteiger partial charge is 0.243 e. The van der Waals surface area contributed by atoms with Gasteiger partial charge < -0.3 is 21.1 Å². The maximum absolute atomic E-state index is 11.7. The number of anilines is 1. The molecule has 0 aliphatic heterocycles. The number of nitrogens with one attached hydrogen (secondary N) is 2. The van der Waals surface area contributed by atoms with Crippen molar-refractivity contribution in [2.24, 2.45) is 5.73 Å². The normalized spacial score (nSPS) is 11.6. The van der Waals surface area contributed by atoms with Crippen molar-refractivity contribution >= 4 is 17.5 Å². The summed E-state index contributed by atoms with van der Waals surface area (Å²) in [7, 11) is 0. The van der Waals surface area contributed by atoms with Crippen LogP contribution in [0.25, 0.3) is 0 Å². The number of nitrogens with two attached hydrogens (primary N) is 1. The molecule has 1 aromatic rings.